The van der Waals surface area contributed by atoms with Gasteiger partial charge in [-0.1, -0.05) is 29.8 Å². The zero-order valence-electron chi connectivity index (χ0n) is 6.40. The SMILES string of the molecule is Cl.NCC(O)c1ccccc1Cl. The molecule has 0 amide bonds. The van der Waals surface area contributed by atoms with Crippen molar-refractivity contribution in [1.82, 2.24) is 0 Å². The first-order valence-electron chi connectivity index (χ1n) is 3.38. The van der Waals surface area contributed by atoms with E-state index in [1.807, 2.05) is 12.1 Å². The molecule has 0 bridgehead atoms. The Kier molecular flexibility index (Phi) is 5.25. The Balaban J connectivity index is 0.00000121. The van der Waals surface area contributed by atoms with Gasteiger partial charge in [0.1, 0.15) is 0 Å². The molecule has 1 aromatic rings. The van der Waals surface area contributed by atoms with Gasteiger partial charge in [0.05, 0.1) is 6.10 Å². The molecule has 1 rings (SSSR count). The molecular weight excluding hydrogens is 197 g/mol. The van der Waals surface area contributed by atoms with Crippen molar-refractivity contribution in [3.63, 3.8) is 0 Å². The summed E-state index contributed by atoms with van der Waals surface area (Å²) in [4.78, 5) is 0. The number of aliphatic hydroxyl groups is 1. The molecule has 0 saturated carbocycles. The molecule has 0 aromatic heterocycles. The van der Waals surface area contributed by atoms with Crippen LogP contribution in [0.1, 0.15) is 11.7 Å². The Bertz CT molecular complexity index is 242. The molecule has 12 heavy (non-hydrogen) atoms. The largest absolute Gasteiger partial charge is 0.387 e. The number of aliphatic hydroxyl groups excluding tert-OH is 1. The van der Waals surface area contributed by atoms with Gasteiger partial charge in [0.15, 0.2) is 0 Å². The Morgan fingerprint density at radius 1 is 1.42 bits per heavy atom. The maximum atomic E-state index is 9.30. The first-order chi connectivity index (χ1) is 5.25. The van der Waals surface area contributed by atoms with Gasteiger partial charge in [0, 0.05) is 17.1 Å². The van der Waals surface area contributed by atoms with E-state index in [2.05, 4.69) is 0 Å². The molecule has 1 unspecified atom stereocenters. The van der Waals surface area contributed by atoms with Crippen LogP contribution >= 0.6 is 24.0 Å². The van der Waals surface area contributed by atoms with Gasteiger partial charge in [-0.2, -0.15) is 0 Å². The van der Waals surface area contributed by atoms with Gasteiger partial charge in [-0.15, -0.1) is 12.4 Å². The summed E-state index contributed by atoms with van der Waals surface area (Å²) in [7, 11) is 0. The Labute approximate surface area is 82.8 Å². The van der Waals surface area contributed by atoms with Crippen LogP contribution in [0, 0.1) is 0 Å². The van der Waals surface area contributed by atoms with Crippen molar-refractivity contribution in [3.8, 4) is 0 Å². The van der Waals surface area contributed by atoms with Crippen LogP contribution in [0.4, 0.5) is 0 Å². The minimum Gasteiger partial charge on any atom is -0.387 e. The molecule has 0 saturated heterocycles. The average Bonchev–Trinajstić information content (AvgIpc) is 2.04. The van der Waals surface area contributed by atoms with Crippen molar-refractivity contribution < 1.29 is 5.11 Å². The van der Waals surface area contributed by atoms with E-state index in [0.717, 1.165) is 0 Å². The molecule has 0 radical (unpaired) electrons. The molecule has 0 aliphatic carbocycles. The van der Waals surface area contributed by atoms with E-state index in [0.29, 0.717) is 10.6 Å². The summed E-state index contributed by atoms with van der Waals surface area (Å²) in [6.07, 6.45) is -0.649. The first-order valence-corrected chi connectivity index (χ1v) is 3.76. The summed E-state index contributed by atoms with van der Waals surface area (Å²) in [5.41, 5.74) is 5.96. The van der Waals surface area contributed by atoms with E-state index in [1.165, 1.54) is 0 Å². The molecule has 0 aliphatic rings. The Morgan fingerprint density at radius 3 is 2.50 bits per heavy atom. The number of benzene rings is 1. The van der Waals surface area contributed by atoms with Gasteiger partial charge in [-0.25, -0.2) is 0 Å². The van der Waals surface area contributed by atoms with Crippen LogP contribution in [-0.4, -0.2) is 11.7 Å². The highest BCUT2D eigenvalue weighted by molar-refractivity contribution is 6.31. The molecule has 2 nitrogen and oxygen atoms in total. The number of halogens is 2. The Hall–Kier alpha value is -0.280. The molecule has 68 valence electrons. The second-order valence-electron chi connectivity index (χ2n) is 2.27. The highest BCUT2D eigenvalue weighted by atomic mass is 35.5. The highest BCUT2D eigenvalue weighted by Crippen LogP contribution is 2.21. The number of rotatable bonds is 2. The lowest BCUT2D eigenvalue weighted by Gasteiger charge is -2.08. The third-order valence-corrected chi connectivity index (χ3v) is 1.83. The fourth-order valence-corrected chi connectivity index (χ4v) is 1.13. The predicted molar refractivity (Wildman–Crippen MR) is 52.7 cm³/mol. The minimum absolute atomic E-state index is 0. The van der Waals surface area contributed by atoms with Crippen molar-refractivity contribution >= 4 is 24.0 Å². The lowest BCUT2D eigenvalue weighted by atomic mass is 10.1. The number of nitrogens with two attached hydrogens (primary N) is 1. The summed E-state index contributed by atoms with van der Waals surface area (Å²) in [6, 6.07) is 7.13. The van der Waals surface area contributed by atoms with E-state index in [-0.39, 0.29) is 19.0 Å². The zero-order chi connectivity index (χ0) is 8.27. The summed E-state index contributed by atoms with van der Waals surface area (Å²) in [5, 5.41) is 9.86. The monoisotopic (exact) mass is 207 g/mol. The summed E-state index contributed by atoms with van der Waals surface area (Å²) in [6.45, 7) is 0.198. The zero-order valence-corrected chi connectivity index (χ0v) is 7.98. The maximum Gasteiger partial charge on any atom is 0.0926 e. The van der Waals surface area contributed by atoms with Crippen LogP contribution < -0.4 is 5.73 Å². The minimum atomic E-state index is -0.649. The van der Waals surface area contributed by atoms with Crippen molar-refractivity contribution in [2.75, 3.05) is 6.54 Å². The van der Waals surface area contributed by atoms with Crippen LogP contribution in [-0.2, 0) is 0 Å². The fourth-order valence-electron chi connectivity index (χ4n) is 0.872. The maximum absolute atomic E-state index is 9.30. The van der Waals surface area contributed by atoms with Crippen LogP contribution in [0.3, 0.4) is 0 Å². The highest BCUT2D eigenvalue weighted by Gasteiger charge is 2.07. The number of hydrogen-bond donors (Lipinski definition) is 2. The molecule has 0 fully saturated rings. The van der Waals surface area contributed by atoms with Gasteiger partial charge in [0.2, 0.25) is 0 Å². The van der Waals surface area contributed by atoms with Gasteiger partial charge in [0.25, 0.3) is 0 Å². The topological polar surface area (TPSA) is 46.2 Å². The smallest absolute Gasteiger partial charge is 0.0926 e. The molecule has 1 atom stereocenters. The summed E-state index contributed by atoms with van der Waals surface area (Å²) in [5.74, 6) is 0. The normalized spacial score (nSPS) is 11.9. The molecular formula is C8H11Cl2NO. The van der Waals surface area contributed by atoms with Crippen LogP contribution in [0.15, 0.2) is 24.3 Å². The van der Waals surface area contributed by atoms with E-state index in [9.17, 15) is 5.11 Å². The van der Waals surface area contributed by atoms with E-state index in [4.69, 9.17) is 17.3 Å². The van der Waals surface area contributed by atoms with E-state index in [1.54, 1.807) is 12.1 Å². The molecule has 0 spiro atoms. The molecule has 3 N–H and O–H groups in total. The van der Waals surface area contributed by atoms with Crippen molar-refractivity contribution in [1.29, 1.82) is 0 Å². The second-order valence-corrected chi connectivity index (χ2v) is 2.68. The van der Waals surface area contributed by atoms with E-state index < -0.39 is 6.10 Å². The third-order valence-electron chi connectivity index (χ3n) is 1.49. The summed E-state index contributed by atoms with van der Waals surface area (Å²) < 4.78 is 0. The van der Waals surface area contributed by atoms with Gasteiger partial charge in [-0.3, -0.25) is 0 Å². The summed E-state index contributed by atoms with van der Waals surface area (Å²) >= 11 is 5.78. The second kappa shape index (κ2) is 5.38. The predicted octanol–water partition coefficient (Wildman–Crippen LogP) is 1.75. The third kappa shape index (κ3) is 2.64. The van der Waals surface area contributed by atoms with Gasteiger partial charge >= 0.3 is 0 Å². The van der Waals surface area contributed by atoms with Crippen molar-refractivity contribution in [2.24, 2.45) is 5.73 Å². The Morgan fingerprint density at radius 2 is 2.00 bits per heavy atom. The van der Waals surface area contributed by atoms with Crippen LogP contribution in [0.25, 0.3) is 0 Å². The standard InChI is InChI=1S/C8H10ClNO.ClH/c9-7-4-2-1-3-6(7)8(11)5-10;/h1-4,8,11H,5,10H2;1H. The average molecular weight is 208 g/mol. The molecule has 1 aromatic carbocycles. The van der Waals surface area contributed by atoms with E-state index >= 15 is 0 Å². The fraction of sp³-hybridized carbons (Fsp3) is 0.250. The van der Waals surface area contributed by atoms with Crippen molar-refractivity contribution in [3.05, 3.63) is 34.9 Å². The van der Waals surface area contributed by atoms with Crippen LogP contribution in [0.2, 0.25) is 5.02 Å². The quantitative estimate of drug-likeness (QED) is 0.777. The van der Waals surface area contributed by atoms with Gasteiger partial charge < -0.3 is 10.8 Å². The first kappa shape index (κ1) is 11.7. The van der Waals surface area contributed by atoms with Crippen LogP contribution in [0.5, 0.6) is 0 Å². The molecule has 0 heterocycles. The lowest BCUT2D eigenvalue weighted by Crippen LogP contribution is -2.11. The number of hydrogen-bond acceptors (Lipinski definition) is 2. The molecule has 0 aliphatic heterocycles. The van der Waals surface area contributed by atoms with Gasteiger partial charge in [-0.05, 0) is 6.07 Å². The molecule has 4 heteroatoms. The lowest BCUT2D eigenvalue weighted by molar-refractivity contribution is 0.187. The van der Waals surface area contributed by atoms with Crippen molar-refractivity contribution in [2.45, 2.75) is 6.10 Å².